The number of benzene rings is 2. The van der Waals surface area contributed by atoms with Crippen LogP contribution in [0.15, 0.2) is 54.6 Å². The molecule has 0 bridgehead atoms. The van der Waals surface area contributed by atoms with E-state index in [0.29, 0.717) is 6.61 Å². The standard InChI is InChI=1S/C18H21NO/c1-14-10-11-17(15(2)19)18(13-14)20-12-6-9-16-7-4-3-5-8-16/h3-11,13,15H,12,19H2,1-2H3. The summed E-state index contributed by atoms with van der Waals surface area (Å²) in [6.45, 7) is 4.56. The van der Waals surface area contributed by atoms with Crippen LogP contribution in [0.25, 0.3) is 6.08 Å². The van der Waals surface area contributed by atoms with Gasteiger partial charge in [0.15, 0.2) is 0 Å². The lowest BCUT2D eigenvalue weighted by molar-refractivity contribution is 0.357. The zero-order valence-electron chi connectivity index (χ0n) is 12.0. The van der Waals surface area contributed by atoms with E-state index in [-0.39, 0.29) is 6.04 Å². The third kappa shape index (κ3) is 3.97. The maximum Gasteiger partial charge on any atom is 0.124 e. The van der Waals surface area contributed by atoms with E-state index < -0.39 is 0 Å². The highest BCUT2D eigenvalue weighted by Gasteiger charge is 2.07. The summed E-state index contributed by atoms with van der Waals surface area (Å²) < 4.78 is 5.83. The first-order valence-corrected chi connectivity index (χ1v) is 6.87. The predicted molar refractivity (Wildman–Crippen MR) is 84.8 cm³/mol. The molecule has 0 spiro atoms. The van der Waals surface area contributed by atoms with Gasteiger partial charge in [-0.15, -0.1) is 0 Å². The third-order valence-corrected chi connectivity index (χ3v) is 3.10. The van der Waals surface area contributed by atoms with Gasteiger partial charge in [-0.3, -0.25) is 0 Å². The van der Waals surface area contributed by atoms with Crippen molar-refractivity contribution in [3.05, 3.63) is 71.3 Å². The minimum atomic E-state index is -0.0243. The largest absolute Gasteiger partial charge is 0.489 e. The second-order valence-corrected chi connectivity index (χ2v) is 4.95. The van der Waals surface area contributed by atoms with Crippen LogP contribution in [0.5, 0.6) is 5.75 Å². The van der Waals surface area contributed by atoms with Crippen LogP contribution < -0.4 is 10.5 Å². The fourth-order valence-electron chi connectivity index (χ4n) is 2.03. The molecule has 20 heavy (non-hydrogen) atoms. The molecule has 2 N–H and O–H groups in total. The van der Waals surface area contributed by atoms with Gasteiger partial charge in [0.2, 0.25) is 0 Å². The van der Waals surface area contributed by atoms with Crippen molar-refractivity contribution in [2.24, 2.45) is 5.73 Å². The molecule has 0 fully saturated rings. The number of aryl methyl sites for hydroxylation is 1. The first-order chi connectivity index (χ1) is 9.66. The maximum absolute atomic E-state index is 5.96. The Bertz CT molecular complexity index is 573. The van der Waals surface area contributed by atoms with E-state index in [1.54, 1.807) is 0 Å². The molecule has 0 aliphatic heterocycles. The molecule has 2 aromatic carbocycles. The lowest BCUT2D eigenvalue weighted by atomic mass is 10.1. The van der Waals surface area contributed by atoms with E-state index in [1.807, 2.05) is 43.3 Å². The fraction of sp³-hybridized carbons (Fsp3) is 0.222. The minimum absolute atomic E-state index is 0.0243. The molecule has 2 heteroatoms. The molecule has 104 valence electrons. The number of nitrogens with two attached hydrogens (primary N) is 1. The van der Waals surface area contributed by atoms with Crippen LogP contribution >= 0.6 is 0 Å². The lowest BCUT2D eigenvalue weighted by Gasteiger charge is -2.13. The molecular weight excluding hydrogens is 246 g/mol. The van der Waals surface area contributed by atoms with Crippen molar-refractivity contribution in [1.29, 1.82) is 0 Å². The van der Waals surface area contributed by atoms with Gasteiger partial charge in [0.05, 0.1) is 0 Å². The molecule has 0 amide bonds. The summed E-state index contributed by atoms with van der Waals surface area (Å²) in [6, 6.07) is 16.3. The first-order valence-electron chi connectivity index (χ1n) is 6.87. The molecule has 1 atom stereocenters. The molecule has 2 nitrogen and oxygen atoms in total. The molecule has 0 aromatic heterocycles. The van der Waals surface area contributed by atoms with E-state index >= 15 is 0 Å². The van der Waals surface area contributed by atoms with Gasteiger partial charge < -0.3 is 10.5 Å². The summed E-state index contributed by atoms with van der Waals surface area (Å²) in [4.78, 5) is 0. The van der Waals surface area contributed by atoms with Gasteiger partial charge in [-0.25, -0.2) is 0 Å². The highest BCUT2D eigenvalue weighted by molar-refractivity contribution is 5.49. The molecule has 0 saturated carbocycles. The highest BCUT2D eigenvalue weighted by Crippen LogP contribution is 2.25. The van der Waals surface area contributed by atoms with Crippen LogP contribution in [0, 0.1) is 6.92 Å². The molecule has 2 aromatic rings. The number of hydrogen-bond acceptors (Lipinski definition) is 2. The zero-order chi connectivity index (χ0) is 14.4. The Morgan fingerprint density at radius 3 is 2.60 bits per heavy atom. The van der Waals surface area contributed by atoms with Gasteiger partial charge in [0, 0.05) is 11.6 Å². The Labute approximate surface area is 120 Å². The molecule has 0 radical (unpaired) electrons. The summed E-state index contributed by atoms with van der Waals surface area (Å²) >= 11 is 0. The van der Waals surface area contributed by atoms with Crippen molar-refractivity contribution in [2.75, 3.05) is 6.61 Å². The van der Waals surface area contributed by atoms with Crippen LogP contribution in [-0.4, -0.2) is 6.61 Å². The summed E-state index contributed by atoms with van der Waals surface area (Å²) in [5, 5.41) is 0. The molecule has 1 unspecified atom stereocenters. The smallest absolute Gasteiger partial charge is 0.124 e. The normalized spacial score (nSPS) is 12.6. The van der Waals surface area contributed by atoms with Crippen molar-refractivity contribution in [3.8, 4) is 5.75 Å². The van der Waals surface area contributed by atoms with Gasteiger partial charge in [0.1, 0.15) is 12.4 Å². The van der Waals surface area contributed by atoms with Gasteiger partial charge in [0.25, 0.3) is 0 Å². The van der Waals surface area contributed by atoms with Crippen LogP contribution in [-0.2, 0) is 0 Å². The van der Waals surface area contributed by atoms with Gasteiger partial charge in [-0.05, 0) is 37.1 Å². The van der Waals surface area contributed by atoms with Crippen LogP contribution in [0.2, 0.25) is 0 Å². The average molecular weight is 267 g/mol. The SMILES string of the molecule is Cc1ccc(C(C)N)c(OCC=Cc2ccccc2)c1. The maximum atomic E-state index is 5.96. The second-order valence-electron chi connectivity index (χ2n) is 4.95. The summed E-state index contributed by atoms with van der Waals surface area (Å²) in [6.07, 6.45) is 4.07. The minimum Gasteiger partial charge on any atom is -0.489 e. The van der Waals surface area contributed by atoms with Crippen molar-refractivity contribution in [2.45, 2.75) is 19.9 Å². The predicted octanol–water partition coefficient (Wildman–Crippen LogP) is 4.11. The monoisotopic (exact) mass is 267 g/mol. The van der Waals surface area contributed by atoms with Gasteiger partial charge in [-0.1, -0.05) is 48.5 Å². The molecule has 0 saturated heterocycles. The van der Waals surface area contributed by atoms with Crippen LogP contribution in [0.3, 0.4) is 0 Å². The van der Waals surface area contributed by atoms with Gasteiger partial charge in [-0.2, -0.15) is 0 Å². The number of hydrogen-bond donors (Lipinski definition) is 1. The van der Waals surface area contributed by atoms with Crippen LogP contribution in [0.4, 0.5) is 0 Å². The van der Waals surface area contributed by atoms with E-state index in [4.69, 9.17) is 10.5 Å². The molecular formula is C18H21NO. The Kier molecular flexibility index (Phi) is 4.97. The second kappa shape index (κ2) is 6.92. The number of ether oxygens (including phenoxy) is 1. The molecule has 0 aliphatic rings. The van der Waals surface area contributed by atoms with Crippen LogP contribution in [0.1, 0.15) is 29.7 Å². The molecule has 0 aliphatic carbocycles. The fourth-order valence-corrected chi connectivity index (χ4v) is 2.03. The number of rotatable bonds is 5. The first kappa shape index (κ1) is 14.4. The van der Waals surface area contributed by atoms with Crippen molar-refractivity contribution >= 4 is 6.08 Å². The van der Waals surface area contributed by atoms with E-state index in [1.165, 1.54) is 11.1 Å². The van der Waals surface area contributed by atoms with Gasteiger partial charge >= 0.3 is 0 Å². The Hall–Kier alpha value is -2.06. The average Bonchev–Trinajstić information content (AvgIpc) is 2.44. The summed E-state index contributed by atoms with van der Waals surface area (Å²) in [5.74, 6) is 0.873. The molecule has 2 rings (SSSR count). The van der Waals surface area contributed by atoms with Crippen molar-refractivity contribution in [3.63, 3.8) is 0 Å². The third-order valence-electron chi connectivity index (χ3n) is 3.10. The van der Waals surface area contributed by atoms with E-state index in [9.17, 15) is 0 Å². The van der Waals surface area contributed by atoms with E-state index in [0.717, 1.165) is 11.3 Å². The summed E-state index contributed by atoms with van der Waals surface area (Å²) in [5.41, 5.74) is 9.36. The topological polar surface area (TPSA) is 35.2 Å². The Morgan fingerprint density at radius 2 is 1.90 bits per heavy atom. The lowest BCUT2D eigenvalue weighted by Crippen LogP contribution is -2.08. The zero-order valence-corrected chi connectivity index (χ0v) is 12.0. The Balaban J connectivity index is 2.00. The van der Waals surface area contributed by atoms with Crippen molar-refractivity contribution in [1.82, 2.24) is 0 Å². The van der Waals surface area contributed by atoms with E-state index in [2.05, 4.69) is 31.2 Å². The van der Waals surface area contributed by atoms with Crippen molar-refractivity contribution < 1.29 is 4.74 Å². The highest BCUT2D eigenvalue weighted by atomic mass is 16.5. The summed E-state index contributed by atoms with van der Waals surface area (Å²) in [7, 11) is 0. The quantitative estimate of drug-likeness (QED) is 0.885. The Morgan fingerprint density at radius 1 is 1.15 bits per heavy atom. The molecule has 0 heterocycles.